The van der Waals surface area contributed by atoms with Gasteiger partial charge < -0.3 is 15.8 Å². The van der Waals surface area contributed by atoms with Gasteiger partial charge in [0.1, 0.15) is 5.60 Å². The number of halogens is 1. The fourth-order valence-corrected chi connectivity index (χ4v) is 1.81. The predicted molar refractivity (Wildman–Crippen MR) is 84.1 cm³/mol. The van der Waals surface area contributed by atoms with E-state index >= 15 is 0 Å². The second-order valence-electron chi connectivity index (χ2n) is 5.91. The van der Waals surface area contributed by atoms with Gasteiger partial charge in [-0.05, 0) is 39.0 Å². The number of ether oxygens (including phenoxy) is 1. The lowest BCUT2D eigenvalue weighted by Crippen LogP contribution is -2.28. The van der Waals surface area contributed by atoms with Crippen molar-refractivity contribution < 1.29 is 14.3 Å². The molecular formula is C15H21ClN2O3. The van der Waals surface area contributed by atoms with E-state index in [1.54, 1.807) is 45.9 Å². The van der Waals surface area contributed by atoms with Crippen LogP contribution in [0.1, 0.15) is 34.1 Å². The van der Waals surface area contributed by atoms with E-state index in [1.165, 1.54) is 0 Å². The fraction of sp³-hybridized carbons (Fsp3) is 0.467. The van der Waals surface area contributed by atoms with Gasteiger partial charge in [-0.3, -0.25) is 9.59 Å². The van der Waals surface area contributed by atoms with Gasteiger partial charge in [-0.25, -0.2) is 0 Å². The first-order chi connectivity index (χ1) is 9.58. The summed E-state index contributed by atoms with van der Waals surface area (Å²) in [7, 11) is 0. The molecule has 0 heterocycles. The minimum absolute atomic E-state index is 0.0105. The van der Waals surface area contributed by atoms with Crippen molar-refractivity contribution in [3.8, 4) is 0 Å². The van der Waals surface area contributed by atoms with Crippen LogP contribution in [-0.4, -0.2) is 17.5 Å². The molecule has 0 aliphatic heterocycles. The Morgan fingerprint density at radius 3 is 2.52 bits per heavy atom. The van der Waals surface area contributed by atoms with Crippen LogP contribution in [0.5, 0.6) is 0 Å². The van der Waals surface area contributed by atoms with Gasteiger partial charge in [0.2, 0.25) is 5.91 Å². The largest absolute Gasteiger partial charge is 0.460 e. The Morgan fingerprint density at radius 2 is 2.00 bits per heavy atom. The summed E-state index contributed by atoms with van der Waals surface area (Å²) >= 11 is 5.79. The topological polar surface area (TPSA) is 81.4 Å². The molecule has 3 N–H and O–H groups in total. The highest BCUT2D eigenvalue weighted by Crippen LogP contribution is 2.23. The van der Waals surface area contributed by atoms with Gasteiger partial charge >= 0.3 is 5.97 Å². The molecule has 6 heteroatoms. The number of rotatable bonds is 4. The van der Waals surface area contributed by atoms with Gasteiger partial charge in [-0.15, -0.1) is 0 Å². The van der Waals surface area contributed by atoms with Crippen molar-refractivity contribution in [2.24, 2.45) is 5.92 Å². The van der Waals surface area contributed by atoms with Crippen LogP contribution in [0.3, 0.4) is 0 Å². The second-order valence-corrected chi connectivity index (χ2v) is 6.35. The summed E-state index contributed by atoms with van der Waals surface area (Å²) in [6.45, 7) is 7.00. The van der Waals surface area contributed by atoms with E-state index in [9.17, 15) is 9.59 Å². The van der Waals surface area contributed by atoms with Gasteiger partial charge in [-0.1, -0.05) is 18.5 Å². The van der Waals surface area contributed by atoms with Crippen molar-refractivity contribution in [1.82, 2.24) is 0 Å². The summed E-state index contributed by atoms with van der Waals surface area (Å²) in [5.41, 5.74) is 6.05. The average Bonchev–Trinajstić information content (AvgIpc) is 2.29. The lowest BCUT2D eigenvalue weighted by molar-refractivity contribution is -0.156. The van der Waals surface area contributed by atoms with Gasteiger partial charge in [0.05, 0.1) is 17.8 Å². The molecule has 0 saturated heterocycles. The molecule has 5 nitrogen and oxygen atoms in total. The molecule has 0 aliphatic rings. The van der Waals surface area contributed by atoms with E-state index in [0.717, 1.165) is 0 Å². The van der Waals surface area contributed by atoms with Crippen LogP contribution in [0.15, 0.2) is 18.2 Å². The third-order valence-corrected chi connectivity index (χ3v) is 2.85. The van der Waals surface area contributed by atoms with E-state index in [1.807, 2.05) is 0 Å². The Kier molecular flexibility index (Phi) is 5.61. The van der Waals surface area contributed by atoms with Crippen LogP contribution in [0, 0.1) is 5.92 Å². The number of amides is 1. The van der Waals surface area contributed by atoms with Gasteiger partial charge in [-0.2, -0.15) is 0 Å². The van der Waals surface area contributed by atoms with E-state index < -0.39 is 17.5 Å². The standard InChI is InChI=1S/C15H21ClN2O3/c1-9(7-13(19)21-15(2,3)4)14(20)18-12-6-5-10(16)8-11(12)17/h5-6,8-9H,7,17H2,1-4H3,(H,18,20)/t9-/m1/s1. The number of benzene rings is 1. The first-order valence-corrected chi connectivity index (χ1v) is 7.04. The first kappa shape index (κ1) is 17.3. The van der Waals surface area contributed by atoms with Crippen LogP contribution in [-0.2, 0) is 14.3 Å². The predicted octanol–water partition coefficient (Wildman–Crippen LogP) is 3.23. The Morgan fingerprint density at radius 1 is 1.38 bits per heavy atom. The normalized spacial score (nSPS) is 12.6. The number of nitrogens with two attached hydrogens (primary N) is 1. The zero-order valence-corrected chi connectivity index (χ0v) is 13.5. The van der Waals surface area contributed by atoms with E-state index in [2.05, 4.69) is 5.32 Å². The van der Waals surface area contributed by atoms with Crippen LogP contribution in [0.2, 0.25) is 5.02 Å². The number of carbonyl (C=O) groups is 2. The maximum absolute atomic E-state index is 12.0. The number of hydrogen-bond donors (Lipinski definition) is 2. The highest BCUT2D eigenvalue weighted by Gasteiger charge is 2.22. The lowest BCUT2D eigenvalue weighted by atomic mass is 10.1. The summed E-state index contributed by atoms with van der Waals surface area (Å²) in [6, 6.07) is 4.80. The molecule has 0 spiro atoms. The van der Waals surface area contributed by atoms with Crippen molar-refractivity contribution in [2.75, 3.05) is 11.1 Å². The van der Waals surface area contributed by atoms with E-state index in [4.69, 9.17) is 22.1 Å². The first-order valence-electron chi connectivity index (χ1n) is 6.66. The number of nitrogens with one attached hydrogen (secondary N) is 1. The summed E-state index contributed by atoms with van der Waals surface area (Å²) < 4.78 is 5.19. The molecule has 116 valence electrons. The fourth-order valence-electron chi connectivity index (χ4n) is 1.63. The summed E-state index contributed by atoms with van der Waals surface area (Å²) in [5.74, 6) is -1.22. The maximum Gasteiger partial charge on any atom is 0.307 e. The lowest BCUT2D eigenvalue weighted by Gasteiger charge is -2.21. The summed E-state index contributed by atoms with van der Waals surface area (Å²) in [6.07, 6.45) is 0.0105. The average molecular weight is 313 g/mol. The molecule has 1 aromatic rings. The Balaban J connectivity index is 2.61. The molecule has 0 unspecified atom stereocenters. The minimum atomic E-state index is -0.562. The summed E-state index contributed by atoms with van der Waals surface area (Å²) in [4.78, 5) is 23.7. The highest BCUT2D eigenvalue weighted by atomic mass is 35.5. The summed E-state index contributed by atoms with van der Waals surface area (Å²) in [5, 5.41) is 3.17. The van der Waals surface area contributed by atoms with Crippen LogP contribution >= 0.6 is 11.6 Å². The van der Waals surface area contributed by atoms with E-state index in [0.29, 0.717) is 16.4 Å². The van der Waals surface area contributed by atoms with Crippen LogP contribution < -0.4 is 11.1 Å². The second kappa shape index (κ2) is 6.80. The van der Waals surface area contributed by atoms with Crippen molar-refractivity contribution in [3.63, 3.8) is 0 Å². The number of esters is 1. The number of carbonyl (C=O) groups excluding carboxylic acids is 2. The number of hydrogen-bond acceptors (Lipinski definition) is 4. The third kappa shape index (κ3) is 6.04. The highest BCUT2D eigenvalue weighted by molar-refractivity contribution is 6.31. The molecule has 1 rings (SSSR count). The van der Waals surface area contributed by atoms with Crippen molar-refractivity contribution in [2.45, 2.75) is 39.7 Å². The molecule has 1 amide bonds. The van der Waals surface area contributed by atoms with Crippen molar-refractivity contribution >= 4 is 34.9 Å². The molecule has 0 radical (unpaired) electrons. The van der Waals surface area contributed by atoms with Gasteiger partial charge in [0.15, 0.2) is 0 Å². The molecule has 0 aromatic heterocycles. The quantitative estimate of drug-likeness (QED) is 0.660. The molecule has 0 fully saturated rings. The number of anilines is 2. The Bertz CT molecular complexity index is 538. The molecule has 1 atom stereocenters. The zero-order chi connectivity index (χ0) is 16.2. The molecule has 0 bridgehead atoms. The van der Waals surface area contributed by atoms with E-state index in [-0.39, 0.29) is 12.3 Å². The third-order valence-electron chi connectivity index (χ3n) is 2.61. The smallest absolute Gasteiger partial charge is 0.307 e. The van der Waals surface area contributed by atoms with Crippen molar-refractivity contribution in [1.29, 1.82) is 0 Å². The molecular weight excluding hydrogens is 292 g/mol. The van der Waals surface area contributed by atoms with Crippen molar-refractivity contribution in [3.05, 3.63) is 23.2 Å². The maximum atomic E-state index is 12.0. The van der Waals surface area contributed by atoms with Crippen LogP contribution in [0.4, 0.5) is 11.4 Å². The SMILES string of the molecule is C[C@H](CC(=O)OC(C)(C)C)C(=O)Nc1ccc(Cl)cc1N. The molecule has 21 heavy (non-hydrogen) atoms. The van der Waals surface area contributed by atoms with Gasteiger partial charge in [0, 0.05) is 10.9 Å². The Hall–Kier alpha value is -1.75. The monoisotopic (exact) mass is 312 g/mol. The molecule has 0 aliphatic carbocycles. The minimum Gasteiger partial charge on any atom is -0.460 e. The zero-order valence-electron chi connectivity index (χ0n) is 12.7. The number of nitrogen functional groups attached to an aromatic ring is 1. The molecule has 1 aromatic carbocycles. The molecule has 0 saturated carbocycles. The van der Waals surface area contributed by atoms with Gasteiger partial charge in [0.25, 0.3) is 0 Å². The van der Waals surface area contributed by atoms with Crippen LogP contribution in [0.25, 0.3) is 0 Å². The Labute approximate surface area is 129 Å².